The zero-order valence-corrected chi connectivity index (χ0v) is 15.7. The number of hydrogen-bond donors (Lipinski definition) is 1. The lowest BCUT2D eigenvalue weighted by Gasteiger charge is -2.22. The first-order chi connectivity index (χ1) is 12.9. The third-order valence-corrected chi connectivity index (χ3v) is 6.56. The van der Waals surface area contributed by atoms with Crippen LogP contribution in [-0.4, -0.2) is 49.7 Å². The van der Waals surface area contributed by atoms with Crippen molar-refractivity contribution in [1.82, 2.24) is 9.21 Å². The third-order valence-electron chi connectivity index (χ3n) is 4.64. The van der Waals surface area contributed by atoms with Gasteiger partial charge >= 0.3 is 0 Å². The molecule has 1 saturated heterocycles. The van der Waals surface area contributed by atoms with E-state index in [1.54, 1.807) is 12.1 Å². The van der Waals surface area contributed by atoms with Crippen LogP contribution in [0.3, 0.4) is 0 Å². The molecule has 3 rings (SSSR count). The normalized spacial score (nSPS) is 16.8. The molecule has 8 heteroatoms. The van der Waals surface area contributed by atoms with Crippen LogP contribution < -0.4 is 5.73 Å². The number of benzene rings is 2. The van der Waals surface area contributed by atoms with E-state index in [1.807, 2.05) is 12.1 Å². The fraction of sp³-hybridized carbons (Fsp3) is 0.316. The first kappa shape index (κ1) is 19.5. The summed E-state index contributed by atoms with van der Waals surface area (Å²) in [6, 6.07) is 12.0. The van der Waals surface area contributed by atoms with Gasteiger partial charge in [0.05, 0.1) is 4.90 Å². The number of carbonyl (C=O) groups excluding carboxylic acids is 1. The van der Waals surface area contributed by atoms with Gasteiger partial charge in [-0.25, -0.2) is 12.8 Å². The Balaban J connectivity index is 1.64. The van der Waals surface area contributed by atoms with E-state index in [0.717, 1.165) is 24.2 Å². The fourth-order valence-corrected chi connectivity index (χ4v) is 4.60. The van der Waals surface area contributed by atoms with Crippen LogP contribution in [0, 0.1) is 5.82 Å². The summed E-state index contributed by atoms with van der Waals surface area (Å²) in [5.41, 5.74) is 6.75. The minimum absolute atomic E-state index is 0.111. The van der Waals surface area contributed by atoms with Crippen LogP contribution in [0.1, 0.15) is 22.3 Å². The van der Waals surface area contributed by atoms with Crippen LogP contribution in [0.2, 0.25) is 0 Å². The molecule has 0 bridgehead atoms. The summed E-state index contributed by atoms with van der Waals surface area (Å²) in [6.07, 6.45) is 0.708. The number of hydrogen-bond acceptors (Lipinski definition) is 4. The molecule has 0 radical (unpaired) electrons. The zero-order valence-electron chi connectivity index (χ0n) is 14.8. The Morgan fingerprint density at radius 3 is 2.26 bits per heavy atom. The molecular weight excluding hydrogens is 369 g/mol. The molecule has 2 aromatic carbocycles. The maximum absolute atomic E-state index is 13.1. The quantitative estimate of drug-likeness (QED) is 0.843. The first-order valence-electron chi connectivity index (χ1n) is 8.73. The molecule has 144 valence electrons. The summed E-state index contributed by atoms with van der Waals surface area (Å²) in [5.74, 6) is -0.920. The van der Waals surface area contributed by atoms with Crippen molar-refractivity contribution in [3.05, 3.63) is 65.5 Å². The van der Waals surface area contributed by atoms with E-state index in [9.17, 15) is 17.6 Å². The van der Waals surface area contributed by atoms with Gasteiger partial charge in [-0.15, -0.1) is 0 Å². The minimum Gasteiger partial charge on any atom is -0.366 e. The van der Waals surface area contributed by atoms with Crippen molar-refractivity contribution in [2.24, 2.45) is 5.73 Å². The maximum Gasteiger partial charge on any atom is 0.248 e. The summed E-state index contributed by atoms with van der Waals surface area (Å²) in [6.45, 7) is 2.84. The predicted octanol–water partition coefficient (Wildman–Crippen LogP) is 1.82. The Morgan fingerprint density at radius 2 is 1.63 bits per heavy atom. The lowest BCUT2D eigenvalue weighted by Crippen LogP contribution is -2.35. The molecule has 6 nitrogen and oxygen atoms in total. The summed E-state index contributed by atoms with van der Waals surface area (Å²) < 4.78 is 40.0. The smallest absolute Gasteiger partial charge is 0.248 e. The highest BCUT2D eigenvalue weighted by molar-refractivity contribution is 7.89. The molecular formula is C19H22FN3O3S. The summed E-state index contributed by atoms with van der Waals surface area (Å²) in [5, 5.41) is 0. The van der Waals surface area contributed by atoms with Crippen LogP contribution in [-0.2, 0) is 16.6 Å². The second-order valence-corrected chi connectivity index (χ2v) is 8.49. The average molecular weight is 391 g/mol. The van der Waals surface area contributed by atoms with Gasteiger partial charge in [0.15, 0.2) is 0 Å². The molecule has 1 fully saturated rings. The number of carbonyl (C=O) groups is 1. The molecule has 27 heavy (non-hydrogen) atoms. The van der Waals surface area contributed by atoms with Gasteiger partial charge < -0.3 is 5.73 Å². The van der Waals surface area contributed by atoms with Gasteiger partial charge in [-0.3, -0.25) is 9.69 Å². The van der Waals surface area contributed by atoms with Crippen molar-refractivity contribution in [3.8, 4) is 0 Å². The Hall–Kier alpha value is -2.29. The Bertz CT molecular complexity index is 899. The minimum atomic E-state index is -3.62. The van der Waals surface area contributed by atoms with Gasteiger partial charge in [0.25, 0.3) is 0 Å². The lowest BCUT2D eigenvalue weighted by atomic mass is 10.1. The second-order valence-electron chi connectivity index (χ2n) is 6.55. The summed E-state index contributed by atoms with van der Waals surface area (Å²) in [4.78, 5) is 13.4. The molecule has 1 heterocycles. The first-order valence-corrected chi connectivity index (χ1v) is 10.2. The molecule has 0 aliphatic carbocycles. The van der Waals surface area contributed by atoms with Crippen molar-refractivity contribution in [2.45, 2.75) is 17.9 Å². The van der Waals surface area contributed by atoms with Crippen molar-refractivity contribution in [2.75, 3.05) is 26.2 Å². The van der Waals surface area contributed by atoms with E-state index in [-0.39, 0.29) is 4.90 Å². The maximum atomic E-state index is 13.1. The number of sulfonamides is 1. The van der Waals surface area contributed by atoms with E-state index in [4.69, 9.17) is 5.73 Å². The summed E-state index contributed by atoms with van der Waals surface area (Å²) in [7, 11) is -3.62. The SMILES string of the molecule is NC(=O)c1ccc(CN2CCCN(S(=O)(=O)c3ccc(F)cc3)CC2)cc1. The molecule has 0 atom stereocenters. The molecule has 2 N–H and O–H groups in total. The van der Waals surface area contributed by atoms with Gasteiger partial charge in [0, 0.05) is 31.7 Å². The van der Waals surface area contributed by atoms with E-state index < -0.39 is 21.7 Å². The number of nitrogens with zero attached hydrogens (tertiary/aromatic N) is 2. The van der Waals surface area contributed by atoms with Crippen LogP contribution in [0.5, 0.6) is 0 Å². The predicted molar refractivity (Wildman–Crippen MR) is 100 cm³/mol. The molecule has 1 aliphatic rings. The lowest BCUT2D eigenvalue weighted by molar-refractivity contribution is 0.1000. The topological polar surface area (TPSA) is 83.7 Å². The van der Waals surface area contributed by atoms with Crippen molar-refractivity contribution in [3.63, 3.8) is 0 Å². The van der Waals surface area contributed by atoms with Gasteiger partial charge in [0.1, 0.15) is 5.82 Å². The number of nitrogens with two attached hydrogens (primary N) is 1. The summed E-state index contributed by atoms with van der Waals surface area (Å²) >= 11 is 0. The Labute approximate surface area is 158 Å². The molecule has 0 saturated carbocycles. The van der Waals surface area contributed by atoms with Gasteiger partial charge in [-0.05, 0) is 54.9 Å². The van der Waals surface area contributed by atoms with Crippen LogP contribution in [0.15, 0.2) is 53.4 Å². The van der Waals surface area contributed by atoms with Gasteiger partial charge in [0.2, 0.25) is 15.9 Å². The van der Waals surface area contributed by atoms with Crippen LogP contribution in [0.4, 0.5) is 4.39 Å². The number of halogens is 1. The molecule has 1 amide bonds. The van der Waals surface area contributed by atoms with Crippen LogP contribution in [0.25, 0.3) is 0 Å². The molecule has 2 aromatic rings. The third kappa shape index (κ3) is 4.71. The zero-order chi connectivity index (χ0) is 19.4. The van der Waals surface area contributed by atoms with E-state index in [0.29, 0.717) is 38.2 Å². The largest absolute Gasteiger partial charge is 0.366 e. The highest BCUT2D eigenvalue weighted by atomic mass is 32.2. The van der Waals surface area contributed by atoms with E-state index in [1.165, 1.54) is 16.4 Å². The second kappa shape index (κ2) is 8.16. The van der Waals surface area contributed by atoms with Crippen molar-refractivity contribution < 1.29 is 17.6 Å². The number of primary amides is 1. The van der Waals surface area contributed by atoms with Gasteiger partial charge in [-0.2, -0.15) is 4.31 Å². The standard InChI is InChI=1S/C19H22FN3O3S/c20-17-6-8-18(9-7-17)27(25,26)23-11-1-10-22(12-13-23)14-15-2-4-16(5-3-15)19(21)24/h2-9H,1,10-14H2,(H2,21,24). The van der Waals surface area contributed by atoms with Crippen molar-refractivity contribution >= 4 is 15.9 Å². The molecule has 1 aliphatic heterocycles. The highest BCUT2D eigenvalue weighted by Crippen LogP contribution is 2.19. The monoisotopic (exact) mass is 391 g/mol. The number of amides is 1. The van der Waals surface area contributed by atoms with Crippen LogP contribution >= 0.6 is 0 Å². The van der Waals surface area contributed by atoms with Crippen molar-refractivity contribution in [1.29, 1.82) is 0 Å². The Morgan fingerprint density at radius 1 is 0.963 bits per heavy atom. The Kier molecular flexibility index (Phi) is 5.88. The molecule has 0 aromatic heterocycles. The molecule has 0 unspecified atom stereocenters. The molecule has 0 spiro atoms. The van der Waals surface area contributed by atoms with E-state index in [2.05, 4.69) is 4.90 Å². The fourth-order valence-electron chi connectivity index (χ4n) is 3.13. The van der Waals surface area contributed by atoms with Gasteiger partial charge in [-0.1, -0.05) is 12.1 Å². The average Bonchev–Trinajstić information content (AvgIpc) is 2.89. The van der Waals surface area contributed by atoms with E-state index >= 15 is 0 Å². The highest BCUT2D eigenvalue weighted by Gasteiger charge is 2.26. The number of rotatable bonds is 5.